The predicted octanol–water partition coefficient (Wildman–Crippen LogP) is 2.75. The van der Waals surface area contributed by atoms with Gasteiger partial charge in [0.25, 0.3) is 0 Å². The van der Waals surface area contributed by atoms with Crippen molar-refractivity contribution in [3.63, 3.8) is 0 Å². The summed E-state index contributed by atoms with van der Waals surface area (Å²) >= 11 is 0. The normalized spacial score (nSPS) is 19.6. The molecule has 1 aliphatic rings. The van der Waals surface area contributed by atoms with E-state index < -0.39 is 0 Å². The van der Waals surface area contributed by atoms with Gasteiger partial charge in [0.1, 0.15) is 6.04 Å². The van der Waals surface area contributed by atoms with Crippen molar-refractivity contribution in [2.75, 3.05) is 20.2 Å². The molecule has 4 nitrogen and oxygen atoms in total. The van der Waals surface area contributed by atoms with Crippen LogP contribution in [0.5, 0.6) is 0 Å². The lowest BCUT2D eigenvalue weighted by Crippen LogP contribution is -2.49. The van der Waals surface area contributed by atoms with Gasteiger partial charge in [-0.25, -0.2) is 0 Å². The topological polar surface area (TPSA) is 41.6 Å². The Morgan fingerprint density at radius 3 is 2.50 bits per heavy atom. The molecule has 1 aromatic carbocycles. The summed E-state index contributed by atoms with van der Waals surface area (Å²) in [7, 11) is 1.46. The molecule has 22 heavy (non-hydrogen) atoms. The summed E-state index contributed by atoms with van der Waals surface area (Å²) in [6, 6.07) is 11.3. The van der Waals surface area contributed by atoms with Crippen LogP contribution in [-0.2, 0) is 9.53 Å². The number of likely N-dealkylation sites (tertiary alicyclic amines) is 1. The maximum atomic E-state index is 11.7. The van der Waals surface area contributed by atoms with Gasteiger partial charge < -0.3 is 10.1 Å². The van der Waals surface area contributed by atoms with Gasteiger partial charge in [-0.15, -0.1) is 0 Å². The van der Waals surface area contributed by atoms with Crippen LogP contribution in [-0.4, -0.2) is 43.2 Å². The number of ether oxygens (including phenoxy) is 1. The van der Waals surface area contributed by atoms with Crippen LogP contribution in [0.15, 0.2) is 30.3 Å². The summed E-state index contributed by atoms with van der Waals surface area (Å²) < 4.78 is 4.85. The Kier molecular flexibility index (Phi) is 6.40. The summed E-state index contributed by atoms with van der Waals surface area (Å²) in [5, 5.41) is 3.45. The van der Waals surface area contributed by atoms with Crippen LogP contribution in [0.25, 0.3) is 0 Å². The number of nitrogens with zero attached hydrogens (tertiary/aromatic N) is 1. The fourth-order valence-electron chi connectivity index (χ4n) is 3.18. The van der Waals surface area contributed by atoms with Crippen molar-refractivity contribution < 1.29 is 9.53 Å². The van der Waals surface area contributed by atoms with E-state index in [4.69, 9.17) is 4.74 Å². The average molecular weight is 304 g/mol. The van der Waals surface area contributed by atoms with Gasteiger partial charge in [0.05, 0.1) is 7.11 Å². The Hall–Kier alpha value is -1.39. The zero-order chi connectivity index (χ0) is 15.9. The van der Waals surface area contributed by atoms with E-state index in [-0.39, 0.29) is 12.0 Å². The second-order valence-electron chi connectivity index (χ2n) is 6.05. The maximum Gasteiger partial charge on any atom is 0.322 e. The van der Waals surface area contributed by atoms with Crippen LogP contribution in [0.1, 0.15) is 44.7 Å². The second-order valence-corrected chi connectivity index (χ2v) is 6.05. The van der Waals surface area contributed by atoms with Gasteiger partial charge in [-0.2, -0.15) is 0 Å². The summed E-state index contributed by atoms with van der Waals surface area (Å²) in [5.41, 5.74) is 1.37. The highest BCUT2D eigenvalue weighted by Crippen LogP contribution is 2.24. The quantitative estimate of drug-likeness (QED) is 0.821. The van der Waals surface area contributed by atoms with Crippen molar-refractivity contribution in [1.82, 2.24) is 10.2 Å². The Bertz CT molecular complexity index is 455. The fraction of sp³-hybridized carbons (Fsp3) is 0.611. The van der Waals surface area contributed by atoms with E-state index in [1.54, 1.807) is 0 Å². The van der Waals surface area contributed by atoms with Crippen LogP contribution in [0.4, 0.5) is 0 Å². The molecule has 1 saturated heterocycles. The first kappa shape index (κ1) is 17.0. The number of carbonyl (C=O) groups is 1. The maximum absolute atomic E-state index is 11.7. The number of piperidine rings is 1. The molecule has 122 valence electrons. The molecule has 1 fully saturated rings. The Morgan fingerprint density at radius 1 is 1.32 bits per heavy atom. The van der Waals surface area contributed by atoms with E-state index >= 15 is 0 Å². The van der Waals surface area contributed by atoms with Gasteiger partial charge in [0.15, 0.2) is 0 Å². The molecule has 0 radical (unpaired) electrons. The Labute approximate surface area is 133 Å². The molecule has 1 aliphatic heterocycles. The first-order chi connectivity index (χ1) is 10.7. The van der Waals surface area contributed by atoms with Crippen molar-refractivity contribution >= 4 is 5.97 Å². The number of methoxy groups -OCH3 is 1. The summed E-state index contributed by atoms with van der Waals surface area (Å²) in [5.74, 6) is -0.150. The number of rotatable bonds is 6. The lowest BCUT2D eigenvalue weighted by molar-refractivity contribution is -0.143. The van der Waals surface area contributed by atoms with Crippen molar-refractivity contribution in [2.45, 2.75) is 51.2 Å². The largest absolute Gasteiger partial charge is 0.468 e. The molecule has 0 aromatic heterocycles. The van der Waals surface area contributed by atoms with E-state index in [9.17, 15) is 4.79 Å². The van der Waals surface area contributed by atoms with Gasteiger partial charge in [-0.1, -0.05) is 37.3 Å². The van der Waals surface area contributed by atoms with Crippen LogP contribution in [0.2, 0.25) is 0 Å². The molecule has 0 unspecified atom stereocenters. The minimum atomic E-state index is -0.173. The molecule has 0 bridgehead atoms. The Morgan fingerprint density at radius 2 is 1.95 bits per heavy atom. The molecular formula is C18H28N2O2. The van der Waals surface area contributed by atoms with E-state index in [1.165, 1.54) is 12.7 Å². The minimum Gasteiger partial charge on any atom is -0.468 e. The van der Waals surface area contributed by atoms with E-state index in [1.807, 2.05) is 6.92 Å². The second kappa shape index (κ2) is 8.30. The average Bonchev–Trinajstić information content (AvgIpc) is 2.59. The lowest BCUT2D eigenvalue weighted by atomic mass is 9.99. The third-order valence-electron chi connectivity index (χ3n) is 4.69. The minimum absolute atomic E-state index is 0.150. The van der Waals surface area contributed by atoms with Gasteiger partial charge in [0.2, 0.25) is 0 Å². The van der Waals surface area contributed by atoms with Gasteiger partial charge >= 0.3 is 5.97 Å². The highest BCUT2D eigenvalue weighted by atomic mass is 16.5. The number of hydrogen-bond acceptors (Lipinski definition) is 4. The van der Waals surface area contributed by atoms with Gasteiger partial charge in [0, 0.05) is 25.2 Å². The third kappa shape index (κ3) is 4.31. The zero-order valence-electron chi connectivity index (χ0n) is 13.9. The molecule has 2 atom stereocenters. The lowest BCUT2D eigenvalue weighted by Gasteiger charge is -2.37. The van der Waals surface area contributed by atoms with E-state index in [0.717, 1.165) is 32.4 Å². The standard InChI is InChI=1S/C18H28N2O2/c1-4-17(18(21)22-3)19-16-10-12-20(13-11-16)14(2)15-8-6-5-7-9-15/h5-9,14,16-17,19H,4,10-13H2,1-3H3/t14-,17+/m0/s1. The smallest absolute Gasteiger partial charge is 0.322 e. The van der Waals surface area contributed by atoms with Gasteiger partial charge in [-0.3, -0.25) is 9.69 Å². The number of esters is 1. The molecule has 1 N–H and O–H groups in total. The van der Waals surface area contributed by atoms with Crippen LogP contribution in [0.3, 0.4) is 0 Å². The highest BCUT2D eigenvalue weighted by molar-refractivity contribution is 5.75. The summed E-state index contributed by atoms with van der Waals surface area (Å²) in [6.45, 7) is 6.41. The van der Waals surface area contributed by atoms with Crippen LogP contribution >= 0.6 is 0 Å². The van der Waals surface area contributed by atoms with E-state index in [2.05, 4.69) is 47.5 Å². The van der Waals surface area contributed by atoms with Crippen molar-refractivity contribution in [3.8, 4) is 0 Å². The van der Waals surface area contributed by atoms with Crippen molar-refractivity contribution in [1.29, 1.82) is 0 Å². The summed E-state index contributed by atoms with van der Waals surface area (Å²) in [4.78, 5) is 14.2. The van der Waals surface area contributed by atoms with Crippen LogP contribution in [0, 0.1) is 0 Å². The summed E-state index contributed by atoms with van der Waals surface area (Å²) in [6.07, 6.45) is 2.92. The molecule has 0 saturated carbocycles. The predicted molar refractivity (Wildman–Crippen MR) is 88.7 cm³/mol. The molecule has 0 spiro atoms. The first-order valence-corrected chi connectivity index (χ1v) is 8.28. The SMILES string of the molecule is CC[C@@H](NC1CCN([C@@H](C)c2ccccc2)CC1)C(=O)OC. The van der Waals surface area contributed by atoms with E-state index in [0.29, 0.717) is 12.1 Å². The number of carbonyl (C=O) groups excluding carboxylic acids is 1. The molecule has 4 heteroatoms. The molecule has 0 aliphatic carbocycles. The highest BCUT2D eigenvalue weighted by Gasteiger charge is 2.26. The number of nitrogens with one attached hydrogen (secondary N) is 1. The van der Waals surface area contributed by atoms with Crippen molar-refractivity contribution in [2.24, 2.45) is 0 Å². The molecular weight excluding hydrogens is 276 g/mol. The fourth-order valence-corrected chi connectivity index (χ4v) is 3.18. The molecule has 2 rings (SSSR count). The number of hydrogen-bond donors (Lipinski definition) is 1. The molecule has 0 amide bonds. The monoisotopic (exact) mass is 304 g/mol. The molecule has 1 heterocycles. The van der Waals surface area contributed by atoms with Crippen molar-refractivity contribution in [3.05, 3.63) is 35.9 Å². The third-order valence-corrected chi connectivity index (χ3v) is 4.69. The zero-order valence-corrected chi connectivity index (χ0v) is 13.9. The van der Waals surface area contributed by atoms with Crippen LogP contribution < -0.4 is 5.32 Å². The molecule has 1 aromatic rings. The first-order valence-electron chi connectivity index (χ1n) is 8.28. The van der Waals surface area contributed by atoms with Gasteiger partial charge in [-0.05, 0) is 31.7 Å². The Balaban J connectivity index is 1.84. The number of benzene rings is 1.